The van der Waals surface area contributed by atoms with Gasteiger partial charge in [-0.25, -0.2) is 14.1 Å². The third-order valence-corrected chi connectivity index (χ3v) is 5.64. The molecular weight excluding hydrogens is 435 g/mol. The van der Waals surface area contributed by atoms with Crippen molar-refractivity contribution in [1.82, 2.24) is 14.8 Å². The molecule has 32 heavy (non-hydrogen) atoms. The number of carbonyl (C=O) groups is 1. The third kappa shape index (κ3) is 4.17. The number of aryl methyl sites for hydroxylation is 1. The van der Waals surface area contributed by atoms with Gasteiger partial charge < -0.3 is 14.8 Å². The zero-order chi connectivity index (χ0) is 22.8. The van der Waals surface area contributed by atoms with Crippen molar-refractivity contribution in [1.29, 1.82) is 0 Å². The second-order valence-electron chi connectivity index (χ2n) is 6.85. The molecule has 0 aliphatic carbocycles. The fourth-order valence-corrected chi connectivity index (χ4v) is 4.17. The number of nitrogens with zero attached hydrogens (tertiary/aromatic N) is 3. The molecule has 0 bridgehead atoms. The van der Waals surface area contributed by atoms with Crippen molar-refractivity contribution in [2.24, 2.45) is 0 Å². The molecule has 0 unspecified atom stereocenters. The van der Waals surface area contributed by atoms with Crippen molar-refractivity contribution in [3.63, 3.8) is 0 Å². The minimum absolute atomic E-state index is 0.228. The van der Waals surface area contributed by atoms with Crippen LogP contribution in [0.15, 0.2) is 47.3 Å². The van der Waals surface area contributed by atoms with Gasteiger partial charge in [-0.2, -0.15) is 5.10 Å². The van der Waals surface area contributed by atoms with E-state index in [1.807, 2.05) is 0 Å². The Hall–Kier alpha value is -3.79. The second kappa shape index (κ2) is 8.75. The van der Waals surface area contributed by atoms with Crippen molar-refractivity contribution in [3.05, 3.63) is 63.6 Å². The molecule has 4 rings (SSSR count). The van der Waals surface area contributed by atoms with Gasteiger partial charge in [0.1, 0.15) is 18.1 Å². The molecule has 164 valence electrons. The van der Waals surface area contributed by atoms with Crippen LogP contribution in [-0.4, -0.2) is 34.9 Å². The van der Waals surface area contributed by atoms with E-state index in [4.69, 9.17) is 9.47 Å². The number of fused-ring (bicyclic) bond motifs is 1. The summed E-state index contributed by atoms with van der Waals surface area (Å²) in [7, 11) is 3.07. The largest absolute Gasteiger partial charge is 0.493 e. The van der Waals surface area contributed by atoms with Crippen LogP contribution in [0, 0.1) is 12.7 Å². The molecule has 4 aromatic rings. The van der Waals surface area contributed by atoms with Crippen molar-refractivity contribution in [2.75, 3.05) is 19.5 Å². The van der Waals surface area contributed by atoms with Crippen LogP contribution in [0.4, 0.5) is 10.1 Å². The first-order valence-corrected chi connectivity index (χ1v) is 10.4. The number of amides is 1. The number of hydrogen-bond acceptors (Lipinski definition) is 7. The van der Waals surface area contributed by atoms with Crippen LogP contribution in [0.3, 0.4) is 0 Å². The number of aromatic nitrogens is 3. The highest BCUT2D eigenvalue weighted by molar-refractivity contribution is 7.19. The summed E-state index contributed by atoms with van der Waals surface area (Å²) in [4.78, 5) is 29.8. The van der Waals surface area contributed by atoms with Crippen LogP contribution < -0.4 is 20.3 Å². The Morgan fingerprint density at radius 3 is 2.66 bits per heavy atom. The molecular formula is C22H19FN4O4S. The van der Waals surface area contributed by atoms with Gasteiger partial charge in [0, 0.05) is 11.3 Å². The molecule has 0 radical (unpaired) electrons. The van der Waals surface area contributed by atoms with E-state index in [2.05, 4.69) is 15.4 Å². The molecule has 10 heteroatoms. The maximum Gasteiger partial charge on any atom is 0.294 e. The number of rotatable bonds is 6. The Bertz CT molecular complexity index is 1380. The number of anilines is 1. The van der Waals surface area contributed by atoms with Crippen LogP contribution >= 0.6 is 11.3 Å². The van der Waals surface area contributed by atoms with Gasteiger partial charge in [-0.05, 0) is 43.3 Å². The van der Waals surface area contributed by atoms with Crippen LogP contribution in [0.5, 0.6) is 11.5 Å². The normalized spacial score (nSPS) is 10.9. The molecule has 2 heterocycles. The Labute approximate surface area is 186 Å². The smallest absolute Gasteiger partial charge is 0.294 e. The predicted octanol–water partition coefficient (Wildman–Crippen LogP) is 3.62. The molecule has 0 saturated heterocycles. The summed E-state index contributed by atoms with van der Waals surface area (Å²) >= 11 is 1.34. The summed E-state index contributed by atoms with van der Waals surface area (Å²) < 4.78 is 25.7. The van der Waals surface area contributed by atoms with Crippen molar-refractivity contribution in [2.45, 2.75) is 13.5 Å². The van der Waals surface area contributed by atoms with Crippen molar-refractivity contribution >= 4 is 33.1 Å². The van der Waals surface area contributed by atoms with Gasteiger partial charge in [0.15, 0.2) is 17.0 Å². The van der Waals surface area contributed by atoms with Crippen molar-refractivity contribution in [3.8, 4) is 22.8 Å². The third-order valence-electron chi connectivity index (χ3n) is 4.67. The van der Waals surface area contributed by atoms with E-state index in [1.54, 1.807) is 31.2 Å². The van der Waals surface area contributed by atoms with E-state index in [0.29, 0.717) is 32.5 Å². The minimum atomic E-state index is -0.519. The van der Waals surface area contributed by atoms with Gasteiger partial charge in [-0.1, -0.05) is 6.07 Å². The Morgan fingerprint density at radius 2 is 1.94 bits per heavy atom. The topological polar surface area (TPSA) is 95.3 Å². The number of halogens is 1. The highest BCUT2D eigenvalue weighted by Crippen LogP contribution is 2.35. The quantitative estimate of drug-likeness (QED) is 0.478. The zero-order valence-electron chi connectivity index (χ0n) is 17.5. The molecule has 0 fully saturated rings. The fraction of sp³-hybridized carbons (Fsp3) is 0.182. The maximum absolute atomic E-state index is 13.4. The van der Waals surface area contributed by atoms with E-state index in [0.717, 1.165) is 4.68 Å². The number of hydrogen-bond donors (Lipinski definition) is 1. The Morgan fingerprint density at radius 1 is 1.16 bits per heavy atom. The average molecular weight is 454 g/mol. The van der Waals surface area contributed by atoms with Crippen LogP contribution in [-0.2, 0) is 11.3 Å². The summed E-state index contributed by atoms with van der Waals surface area (Å²) in [6.45, 7) is 1.44. The molecule has 0 aliphatic heterocycles. The van der Waals surface area contributed by atoms with Crippen molar-refractivity contribution < 1.29 is 18.7 Å². The molecule has 0 spiro atoms. The maximum atomic E-state index is 13.4. The number of nitrogens with one attached hydrogen (secondary N) is 1. The SMILES string of the molecule is COc1ccc(-c2nn(CC(=O)Nc3cccc(F)c3)c(=O)c3nc(C)sc23)cc1OC. The van der Waals surface area contributed by atoms with Crippen LogP contribution in [0.1, 0.15) is 5.01 Å². The molecule has 1 amide bonds. The highest BCUT2D eigenvalue weighted by Gasteiger charge is 2.19. The standard InChI is InChI=1S/C22H19FN4O4S/c1-12-24-20-21(32-12)19(13-7-8-16(30-2)17(9-13)31-3)26-27(22(20)29)11-18(28)25-15-6-4-5-14(23)10-15/h4-10H,11H2,1-3H3,(H,25,28). The van der Waals surface area contributed by atoms with Gasteiger partial charge in [0.2, 0.25) is 5.91 Å². The van der Waals surface area contributed by atoms with Gasteiger partial charge in [0.05, 0.1) is 23.9 Å². The first-order chi connectivity index (χ1) is 15.4. The molecule has 0 aliphatic rings. The average Bonchev–Trinajstić information content (AvgIpc) is 3.17. The minimum Gasteiger partial charge on any atom is -0.493 e. The van der Waals surface area contributed by atoms with E-state index < -0.39 is 17.3 Å². The lowest BCUT2D eigenvalue weighted by molar-refractivity contribution is -0.117. The van der Waals surface area contributed by atoms with E-state index in [1.165, 1.54) is 43.8 Å². The molecule has 8 nitrogen and oxygen atoms in total. The number of benzene rings is 2. The van der Waals surface area contributed by atoms with Gasteiger partial charge >= 0.3 is 0 Å². The van der Waals surface area contributed by atoms with E-state index in [-0.39, 0.29) is 17.7 Å². The van der Waals surface area contributed by atoms with Crippen LogP contribution in [0.2, 0.25) is 0 Å². The number of carbonyl (C=O) groups excluding carboxylic acids is 1. The van der Waals surface area contributed by atoms with E-state index in [9.17, 15) is 14.0 Å². The lowest BCUT2D eigenvalue weighted by atomic mass is 10.1. The van der Waals surface area contributed by atoms with Gasteiger partial charge in [-0.3, -0.25) is 9.59 Å². The molecule has 2 aromatic carbocycles. The molecule has 1 N–H and O–H groups in total. The zero-order valence-corrected chi connectivity index (χ0v) is 18.3. The van der Waals surface area contributed by atoms with E-state index >= 15 is 0 Å². The first kappa shape index (κ1) is 21.4. The summed E-state index contributed by atoms with van der Waals surface area (Å²) in [5.41, 5.74) is 1.20. The number of methoxy groups -OCH3 is 2. The van der Waals surface area contributed by atoms with Gasteiger partial charge in [0.25, 0.3) is 5.56 Å². The summed E-state index contributed by atoms with van der Waals surface area (Å²) in [6.07, 6.45) is 0. The molecule has 2 aromatic heterocycles. The molecule has 0 saturated carbocycles. The summed E-state index contributed by atoms with van der Waals surface area (Å²) in [6, 6.07) is 10.8. The lowest BCUT2D eigenvalue weighted by Crippen LogP contribution is -2.30. The number of thiazole rings is 1. The second-order valence-corrected chi connectivity index (χ2v) is 8.05. The Kier molecular flexibility index (Phi) is 5.87. The first-order valence-electron chi connectivity index (χ1n) is 9.55. The Balaban J connectivity index is 1.77. The summed E-state index contributed by atoms with van der Waals surface area (Å²) in [5, 5.41) is 7.73. The van der Waals surface area contributed by atoms with Gasteiger partial charge in [-0.15, -0.1) is 11.3 Å². The monoisotopic (exact) mass is 454 g/mol. The van der Waals surface area contributed by atoms with Crippen LogP contribution in [0.25, 0.3) is 21.5 Å². The molecule has 0 atom stereocenters. The fourth-order valence-electron chi connectivity index (χ4n) is 3.25. The highest BCUT2D eigenvalue weighted by atomic mass is 32.1. The lowest BCUT2D eigenvalue weighted by Gasteiger charge is -2.12. The predicted molar refractivity (Wildman–Crippen MR) is 120 cm³/mol. The number of ether oxygens (including phenoxy) is 2. The summed E-state index contributed by atoms with van der Waals surface area (Å²) in [5.74, 6) is 0.0570.